The van der Waals surface area contributed by atoms with E-state index in [0.717, 1.165) is 15.8 Å². The van der Waals surface area contributed by atoms with Crippen LogP contribution in [-0.4, -0.2) is 19.5 Å². The first kappa shape index (κ1) is 12.0. The van der Waals surface area contributed by atoms with Crippen molar-refractivity contribution < 1.29 is 4.79 Å². The summed E-state index contributed by atoms with van der Waals surface area (Å²) in [4.78, 5) is 13.1. The zero-order valence-corrected chi connectivity index (χ0v) is 10.8. The number of benzene rings is 1. The molecule has 15 heavy (non-hydrogen) atoms. The first-order valence-corrected chi connectivity index (χ1v) is 5.64. The quantitative estimate of drug-likeness (QED) is 0.916. The van der Waals surface area contributed by atoms with Crippen molar-refractivity contribution in [2.24, 2.45) is 0 Å². The molecule has 0 aliphatic rings. The minimum absolute atomic E-state index is 0.0522. The monoisotopic (exact) mass is 270 g/mol. The molecule has 1 N–H and O–H groups in total. The van der Waals surface area contributed by atoms with Crippen LogP contribution in [0.5, 0.6) is 0 Å². The second-order valence-corrected chi connectivity index (χ2v) is 4.09. The highest BCUT2D eigenvalue weighted by atomic mass is 79.9. The van der Waals surface area contributed by atoms with Gasteiger partial charge in [0.05, 0.1) is 11.4 Å². The van der Waals surface area contributed by atoms with Gasteiger partial charge in [-0.05, 0) is 25.1 Å². The van der Waals surface area contributed by atoms with E-state index >= 15 is 0 Å². The molecule has 0 aliphatic heterocycles. The number of hydrogen-bond acceptors (Lipinski definition) is 2. The van der Waals surface area contributed by atoms with Gasteiger partial charge < -0.3 is 10.2 Å². The molecule has 0 heterocycles. The van der Waals surface area contributed by atoms with Gasteiger partial charge in [-0.2, -0.15) is 0 Å². The molecule has 0 aliphatic carbocycles. The van der Waals surface area contributed by atoms with Gasteiger partial charge in [-0.1, -0.05) is 15.9 Å². The standard InChI is InChI=1S/C11H15BrN2O/c1-4-14(8(2)15)11-6-5-9(12)7-10(11)13-3/h5-7,13H,4H2,1-3H3. The van der Waals surface area contributed by atoms with E-state index in [9.17, 15) is 4.79 Å². The first-order chi connectivity index (χ1) is 7.10. The van der Waals surface area contributed by atoms with Crippen molar-refractivity contribution in [3.05, 3.63) is 22.7 Å². The number of hydrogen-bond donors (Lipinski definition) is 1. The normalized spacial score (nSPS) is 9.87. The van der Waals surface area contributed by atoms with Crippen LogP contribution in [0, 0.1) is 0 Å². The molecule has 4 heteroatoms. The third-order valence-electron chi connectivity index (χ3n) is 2.22. The summed E-state index contributed by atoms with van der Waals surface area (Å²) in [7, 11) is 1.85. The lowest BCUT2D eigenvalue weighted by Crippen LogP contribution is -2.28. The molecule has 0 unspecified atom stereocenters. The van der Waals surface area contributed by atoms with Gasteiger partial charge in [-0.15, -0.1) is 0 Å². The molecule has 0 aromatic heterocycles. The van der Waals surface area contributed by atoms with E-state index in [4.69, 9.17) is 0 Å². The third-order valence-corrected chi connectivity index (χ3v) is 2.71. The molecule has 1 aromatic rings. The van der Waals surface area contributed by atoms with Crippen molar-refractivity contribution in [1.82, 2.24) is 0 Å². The summed E-state index contributed by atoms with van der Waals surface area (Å²) >= 11 is 3.40. The van der Waals surface area contributed by atoms with Crippen molar-refractivity contribution >= 4 is 33.2 Å². The predicted octanol–water partition coefficient (Wildman–Crippen LogP) is 2.86. The molecule has 1 rings (SSSR count). The van der Waals surface area contributed by atoms with Crippen LogP contribution in [0.4, 0.5) is 11.4 Å². The zero-order valence-electron chi connectivity index (χ0n) is 9.17. The van der Waals surface area contributed by atoms with Crippen LogP contribution in [0.3, 0.4) is 0 Å². The summed E-state index contributed by atoms with van der Waals surface area (Å²) in [6, 6.07) is 5.82. The molecular weight excluding hydrogens is 256 g/mol. The minimum Gasteiger partial charge on any atom is -0.386 e. The molecule has 0 spiro atoms. The lowest BCUT2D eigenvalue weighted by molar-refractivity contribution is -0.116. The zero-order chi connectivity index (χ0) is 11.4. The van der Waals surface area contributed by atoms with Gasteiger partial charge in [0.2, 0.25) is 5.91 Å². The number of nitrogens with one attached hydrogen (secondary N) is 1. The van der Waals surface area contributed by atoms with E-state index < -0.39 is 0 Å². The number of carbonyl (C=O) groups is 1. The lowest BCUT2D eigenvalue weighted by atomic mass is 10.2. The van der Waals surface area contributed by atoms with Crippen LogP contribution >= 0.6 is 15.9 Å². The third kappa shape index (κ3) is 2.72. The lowest BCUT2D eigenvalue weighted by Gasteiger charge is -2.22. The van der Waals surface area contributed by atoms with Crippen LogP contribution < -0.4 is 10.2 Å². The van der Waals surface area contributed by atoms with E-state index in [2.05, 4.69) is 21.2 Å². The van der Waals surface area contributed by atoms with Crippen LogP contribution in [0.1, 0.15) is 13.8 Å². The van der Waals surface area contributed by atoms with Gasteiger partial charge in [0.25, 0.3) is 0 Å². The van der Waals surface area contributed by atoms with Gasteiger partial charge in [-0.3, -0.25) is 4.79 Å². The topological polar surface area (TPSA) is 32.3 Å². The first-order valence-electron chi connectivity index (χ1n) is 4.85. The maximum absolute atomic E-state index is 11.4. The van der Waals surface area contributed by atoms with Crippen LogP contribution in [-0.2, 0) is 4.79 Å². The van der Waals surface area contributed by atoms with Crippen molar-refractivity contribution in [3.8, 4) is 0 Å². The highest BCUT2D eigenvalue weighted by molar-refractivity contribution is 9.10. The van der Waals surface area contributed by atoms with Gasteiger partial charge in [0.15, 0.2) is 0 Å². The molecule has 1 amide bonds. The average molecular weight is 271 g/mol. The van der Waals surface area contributed by atoms with Gasteiger partial charge in [-0.25, -0.2) is 0 Å². The smallest absolute Gasteiger partial charge is 0.223 e. The number of halogens is 1. The fraction of sp³-hybridized carbons (Fsp3) is 0.364. The largest absolute Gasteiger partial charge is 0.386 e. The minimum atomic E-state index is 0.0522. The van der Waals surface area contributed by atoms with E-state index in [1.54, 1.807) is 11.8 Å². The Kier molecular flexibility index (Phi) is 4.15. The van der Waals surface area contributed by atoms with E-state index in [1.807, 2.05) is 32.2 Å². The van der Waals surface area contributed by atoms with Crippen molar-refractivity contribution in [3.63, 3.8) is 0 Å². The van der Waals surface area contributed by atoms with Gasteiger partial charge in [0, 0.05) is 25.0 Å². The summed E-state index contributed by atoms with van der Waals surface area (Å²) < 4.78 is 0.996. The summed E-state index contributed by atoms with van der Waals surface area (Å²) in [5, 5.41) is 3.08. The molecule has 3 nitrogen and oxygen atoms in total. The second-order valence-electron chi connectivity index (χ2n) is 3.17. The molecule has 0 bridgehead atoms. The Bertz CT molecular complexity index is 366. The summed E-state index contributed by atoms with van der Waals surface area (Å²) in [5.41, 5.74) is 1.86. The fourth-order valence-corrected chi connectivity index (χ4v) is 1.87. The molecular formula is C11H15BrN2O. The number of amides is 1. The number of anilines is 2. The highest BCUT2D eigenvalue weighted by Crippen LogP contribution is 2.28. The maximum Gasteiger partial charge on any atom is 0.223 e. The summed E-state index contributed by atoms with van der Waals surface area (Å²) in [6.07, 6.45) is 0. The van der Waals surface area contributed by atoms with Gasteiger partial charge >= 0.3 is 0 Å². The Hall–Kier alpha value is -1.03. The van der Waals surface area contributed by atoms with Gasteiger partial charge in [0.1, 0.15) is 0 Å². The highest BCUT2D eigenvalue weighted by Gasteiger charge is 2.12. The van der Waals surface area contributed by atoms with Crippen LogP contribution in [0.2, 0.25) is 0 Å². The molecule has 0 atom stereocenters. The Labute approximate surface area is 98.6 Å². The summed E-state index contributed by atoms with van der Waals surface area (Å²) in [6.45, 7) is 4.21. The Balaban J connectivity index is 3.16. The van der Waals surface area contributed by atoms with E-state index in [0.29, 0.717) is 6.54 Å². The summed E-state index contributed by atoms with van der Waals surface area (Å²) in [5.74, 6) is 0.0522. The number of rotatable bonds is 3. The Morgan fingerprint density at radius 1 is 1.53 bits per heavy atom. The Morgan fingerprint density at radius 3 is 2.67 bits per heavy atom. The molecule has 82 valence electrons. The fourth-order valence-electron chi connectivity index (χ4n) is 1.51. The van der Waals surface area contributed by atoms with Crippen LogP contribution in [0.25, 0.3) is 0 Å². The van der Waals surface area contributed by atoms with E-state index in [-0.39, 0.29) is 5.91 Å². The molecule has 0 fully saturated rings. The second kappa shape index (κ2) is 5.16. The SMILES string of the molecule is CCN(C(C)=O)c1ccc(Br)cc1NC. The molecule has 0 saturated carbocycles. The number of nitrogens with zero attached hydrogens (tertiary/aromatic N) is 1. The van der Waals surface area contributed by atoms with E-state index in [1.165, 1.54) is 0 Å². The van der Waals surface area contributed by atoms with Crippen molar-refractivity contribution in [2.75, 3.05) is 23.8 Å². The number of carbonyl (C=O) groups excluding carboxylic acids is 1. The van der Waals surface area contributed by atoms with Crippen molar-refractivity contribution in [2.45, 2.75) is 13.8 Å². The maximum atomic E-state index is 11.4. The Morgan fingerprint density at radius 2 is 2.20 bits per heavy atom. The molecule has 0 radical (unpaired) electrons. The van der Waals surface area contributed by atoms with Crippen molar-refractivity contribution in [1.29, 1.82) is 0 Å². The average Bonchev–Trinajstić information content (AvgIpc) is 2.20. The van der Waals surface area contributed by atoms with Crippen LogP contribution in [0.15, 0.2) is 22.7 Å². The molecule has 0 saturated heterocycles. The molecule has 1 aromatic carbocycles. The predicted molar refractivity (Wildman–Crippen MR) is 67.4 cm³/mol.